The highest BCUT2D eigenvalue weighted by Crippen LogP contribution is 2.62. The fraction of sp³-hybridized carbons (Fsp3) is 0.125. The molecule has 3 aliphatic heterocycles. The number of hydrogen-bond donors (Lipinski definition) is 1. The molecule has 9 heteroatoms. The van der Waals surface area contributed by atoms with Gasteiger partial charge in [0.1, 0.15) is 11.5 Å². The number of benzene rings is 3. The lowest BCUT2D eigenvalue weighted by atomic mass is 9.62. The number of nitro benzene ring substituents is 1. The first-order chi connectivity index (χ1) is 19.9. The van der Waals surface area contributed by atoms with Gasteiger partial charge in [-0.1, -0.05) is 54.6 Å². The standard InChI is InChI=1S/C32H22N4O5/c37-28(21-9-6-15-33-18-21)26-27(29(38)20-8-5-10-22(17-20)36(40)41)35-16-14-19-7-1-2-11-23(19)30(35)32(26)24-12-3-4-13-25(24)34-31(32)39/h1-18,26-27,30H,(H,34,39)/t26-,27+,30-,32+/m0/s1. The average Bonchev–Trinajstić information content (AvgIpc) is 3.49. The Hall–Kier alpha value is -5.44. The molecule has 0 saturated carbocycles. The smallest absolute Gasteiger partial charge is 0.270 e. The van der Waals surface area contributed by atoms with E-state index in [2.05, 4.69) is 10.3 Å². The van der Waals surface area contributed by atoms with Crippen LogP contribution < -0.4 is 5.32 Å². The number of ketones is 2. The number of carbonyl (C=O) groups is 3. The fourth-order valence-electron chi connectivity index (χ4n) is 6.80. The molecule has 4 aromatic rings. The van der Waals surface area contributed by atoms with Crippen LogP contribution in [0.25, 0.3) is 6.08 Å². The van der Waals surface area contributed by atoms with Crippen LogP contribution in [-0.2, 0) is 10.2 Å². The number of hydrogen-bond acceptors (Lipinski definition) is 7. The maximum atomic E-state index is 14.6. The van der Waals surface area contributed by atoms with Crippen LogP contribution in [0, 0.1) is 16.0 Å². The molecule has 1 aromatic heterocycles. The molecule has 0 unspecified atom stereocenters. The summed E-state index contributed by atoms with van der Waals surface area (Å²) in [5.41, 5.74) is 1.52. The summed E-state index contributed by atoms with van der Waals surface area (Å²) in [5, 5.41) is 14.6. The van der Waals surface area contributed by atoms with Crippen LogP contribution in [0.15, 0.2) is 104 Å². The Labute approximate surface area is 234 Å². The normalized spacial score (nSPS) is 23.5. The third kappa shape index (κ3) is 3.42. The Bertz CT molecular complexity index is 1800. The highest BCUT2D eigenvalue weighted by molar-refractivity contribution is 6.16. The number of fused-ring (bicyclic) bond motifs is 6. The van der Waals surface area contributed by atoms with Crippen LogP contribution >= 0.6 is 0 Å². The van der Waals surface area contributed by atoms with Crippen LogP contribution in [-0.4, -0.2) is 38.3 Å². The van der Waals surface area contributed by atoms with Gasteiger partial charge >= 0.3 is 0 Å². The lowest BCUT2D eigenvalue weighted by Gasteiger charge is -2.38. The molecule has 0 aliphatic carbocycles. The van der Waals surface area contributed by atoms with Crippen LogP contribution in [0.5, 0.6) is 0 Å². The van der Waals surface area contributed by atoms with Crippen LogP contribution in [0.2, 0.25) is 0 Å². The van der Waals surface area contributed by atoms with Crippen LogP contribution in [0.4, 0.5) is 11.4 Å². The van der Waals surface area contributed by atoms with E-state index in [4.69, 9.17) is 0 Å². The van der Waals surface area contributed by atoms with Gasteiger partial charge in [-0.3, -0.25) is 29.5 Å². The molecule has 1 N–H and O–H groups in total. The van der Waals surface area contributed by atoms with E-state index in [1.165, 1.54) is 30.5 Å². The first-order valence-electron chi connectivity index (χ1n) is 13.1. The largest absolute Gasteiger partial charge is 0.358 e. The van der Waals surface area contributed by atoms with Crippen molar-refractivity contribution < 1.29 is 19.3 Å². The van der Waals surface area contributed by atoms with Crippen molar-refractivity contribution in [2.75, 3.05) is 5.32 Å². The molecule has 41 heavy (non-hydrogen) atoms. The number of rotatable bonds is 5. The second kappa shape index (κ2) is 9.06. The van der Waals surface area contributed by atoms with Crippen molar-refractivity contribution in [1.82, 2.24) is 9.88 Å². The Morgan fingerprint density at radius 3 is 2.51 bits per heavy atom. The van der Waals surface area contributed by atoms with E-state index < -0.39 is 39.9 Å². The summed E-state index contributed by atoms with van der Waals surface area (Å²) in [5.74, 6) is -2.45. The molecule has 1 spiro atoms. The molecule has 3 aromatic carbocycles. The van der Waals surface area contributed by atoms with Crippen molar-refractivity contribution in [3.63, 3.8) is 0 Å². The van der Waals surface area contributed by atoms with Gasteiger partial charge in [-0.25, -0.2) is 0 Å². The monoisotopic (exact) mass is 542 g/mol. The van der Waals surface area contributed by atoms with E-state index in [-0.39, 0.29) is 22.7 Å². The molecular formula is C32H22N4O5. The molecule has 7 rings (SSSR count). The number of aromatic nitrogens is 1. The summed E-state index contributed by atoms with van der Waals surface area (Å²) in [6, 6.07) is 21.8. The molecule has 4 heterocycles. The third-order valence-electron chi connectivity index (χ3n) is 8.41. The van der Waals surface area contributed by atoms with Crippen molar-refractivity contribution >= 4 is 34.9 Å². The first kappa shape index (κ1) is 24.6. The van der Waals surface area contributed by atoms with E-state index in [0.717, 1.165) is 11.1 Å². The maximum absolute atomic E-state index is 14.6. The first-order valence-corrected chi connectivity index (χ1v) is 13.1. The molecule has 0 bridgehead atoms. The van der Waals surface area contributed by atoms with E-state index in [1.54, 1.807) is 35.5 Å². The summed E-state index contributed by atoms with van der Waals surface area (Å²) in [4.78, 5) is 60.4. The minimum Gasteiger partial charge on any atom is -0.358 e. The maximum Gasteiger partial charge on any atom is 0.270 e. The Morgan fingerprint density at radius 2 is 1.71 bits per heavy atom. The van der Waals surface area contributed by atoms with E-state index in [9.17, 15) is 24.5 Å². The summed E-state index contributed by atoms with van der Waals surface area (Å²) in [6.07, 6.45) is 6.61. The number of pyridine rings is 1. The highest BCUT2D eigenvalue weighted by Gasteiger charge is 2.70. The zero-order chi connectivity index (χ0) is 28.3. The van der Waals surface area contributed by atoms with E-state index in [1.807, 2.05) is 48.5 Å². The van der Waals surface area contributed by atoms with Crippen molar-refractivity contribution in [2.24, 2.45) is 5.92 Å². The second-order valence-electron chi connectivity index (χ2n) is 10.4. The Balaban J connectivity index is 1.53. The van der Waals surface area contributed by atoms with Gasteiger partial charge < -0.3 is 10.2 Å². The van der Waals surface area contributed by atoms with E-state index >= 15 is 0 Å². The summed E-state index contributed by atoms with van der Waals surface area (Å²) in [7, 11) is 0. The van der Waals surface area contributed by atoms with Gasteiger partial charge in [0.2, 0.25) is 5.91 Å². The minimum atomic E-state index is -1.48. The second-order valence-corrected chi connectivity index (χ2v) is 10.4. The zero-order valence-electron chi connectivity index (χ0n) is 21.5. The highest BCUT2D eigenvalue weighted by atomic mass is 16.6. The van der Waals surface area contributed by atoms with E-state index in [0.29, 0.717) is 11.3 Å². The van der Waals surface area contributed by atoms with Crippen LogP contribution in [0.3, 0.4) is 0 Å². The lowest BCUT2D eigenvalue weighted by molar-refractivity contribution is -0.384. The minimum absolute atomic E-state index is 0.0861. The molecular weight excluding hydrogens is 520 g/mol. The number of Topliss-reactive ketones (excluding diaryl/α,β-unsaturated/α-hetero) is 2. The average molecular weight is 543 g/mol. The molecule has 1 fully saturated rings. The topological polar surface area (TPSA) is 123 Å². The molecule has 200 valence electrons. The molecule has 0 radical (unpaired) electrons. The van der Waals surface area contributed by atoms with Gasteiger partial charge in [-0.15, -0.1) is 0 Å². The SMILES string of the molecule is O=C(c1cccnc1)[C@@H]1[C@H](C(=O)c2cccc([N+](=O)[O-])c2)N2C=Cc3ccccc3[C@H]2[C@]12C(=O)Nc1ccccc12. The van der Waals surface area contributed by atoms with Gasteiger partial charge in [0, 0.05) is 47.5 Å². The number of amides is 1. The Morgan fingerprint density at radius 1 is 0.927 bits per heavy atom. The lowest BCUT2D eigenvalue weighted by Crippen LogP contribution is -2.49. The van der Waals surface area contributed by atoms with Crippen molar-refractivity contribution in [2.45, 2.75) is 17.5 Å². The number of carbonyl (C=O) groups excluding carboxylic acids is 3. The van der Waals surface area contributed by atoms with Gasteiger partial charge in [-0.2, -0.15) is 0 Å². The molecule has 1 saturated heterocycles. The van der Waals surface area contributed by atoms with Crippen LogP contribution in [0.1, 0.15) is 43.4 Å². The number of nitro groups is 1. The molecule has 1 amide bonds. The third-order valence-corrected chi connectivity index (χ3v) is 8.41. The molecule has 4 atom stereocenters. The van der Waals surface area contributed by atoms with Gasteiger partial charge in [0.15, 0.2) is 11.6 Å². The number of para-hydroxylation sites is 1. The number of anilines is 1. The quantitative estimate of drug-likeness (QED) is 0.215. The van der Waals surface area contributed by atoms with Crippen molar-refractivity contribution in [1.29, 1.82) is 0 Å². The van der Waals surface area contributed by atoms with Crippen molar-refractivity contribution in [3.8, 4) is 0 Å². The predicted octanol–water partition coefficient (Wildman–Crippen LogP) is 4.97. The van der Waals surface area contributed by atoms with Gasteiger partial charge in [0.25, 0.3) is 5.69 Å². The molecule has 3 aliphatic rings. The van der Waals surface area contributed by atoms with Crippen molar-refractivity contribution in [3.05, 3.63) is 141 Å². The summed E-state index contributed by atoms with van der Waals surface area (Å²) < 4.78 is 0. The van der Waals surface area contributed by atoms with Gasteiger partial charge in [0.05, 0.1) is 16.9 Å². The number of nitrogens with one attached hydrogen (secondary N) is 1. The van der Waals surface area contributed by atoms with Gasteiger partial charge in [-0.05, 0) is 41.0 Å². The number of nitrogens with zero attached hydrogens (tertiary/aromatic N) is 3. The summed E-state index contributed by atoms with van der Waals surface area (Å²) >= 11 is 0. The zero-order valence-corrected chi connectivity index (χ0v) is 21.5. The molecule has 9 nitrogen and oxygen atoms in total. The Kier molecular flexibility index (Phi) is 5.43. The summed E-state index contributed by atoms with van der Waals surface area (Å²) in [6.45, 7) is 0. The number of non-ortho nitro benzene ring substituents is 1. The predicted molar refractivity (Wildman–Crippen MR) is 150 cm³/mol. The fourth-order valence-corrected chi connectivity index (χ4v) is 6.80.